The second kappa shape index (κ2) is 7.69. The van der Waals surface area contributed by atoms with Gasteiger partial charge in [-0.25, -0.2) is 0 Å². The zero-order valence-corrected chi connectivity index (χ0v) is 14.0. The Balaban J connectivity index is 1.80. The van der Waals surface area contributed by atoms with Gasteiger partial charge in [0.05, 0.1) is 0 Å². The molecule has 1 aliphatic carbocycles. The van der Waals surface area contributed by atoms with E-state index in [0.717, 1.165) is 12.3 Å². The van der Waals surface area contributed by atoms with E-state index in [1.54, 1.807) is 0 Å². The second-order valence-electron chi connectivity index (χ2n) is 5.52. The lowest BCUT2D eigenvalue weighted by Gasteiger charge is -2.18. The van der Waals surface area contributed by atoms with Crippen molar-refractivity contribution >= 4 is 31.9 Å². The molecule has 18 heavy (non-hydrogen) atoms. The van der Waals surface area contributed by atoms with Crippen LogP contribution in [0.25, 0.3) is 0 Å². The van der Waals surface area contributed by atoms with Gasteiger partial charge in [0, 0.05) is 9.30 Å². The SMILES string of the molecule is Brc1ccc(CC(Br)CC2CCCCCC2)cc1. The standard InChI is InChI=1S/C16H22Br2/c17-15-9-7-14(8-10-15)12-16(18)11-13-5-3-1-2-4-6-13/h7-10,13,16H,1-6,11-12H2. The van der Waals surface area contributed by atoms with Crippen LogP contribution in [0.4, 0.5) is 0 Å². The highest BCUT2D eigenvalue weighted by molar-refractivity contribution is 9.10. The first-order chi connectivity index (χ1) is 8.74. The topological polar surface area (TPSA) is 0 Å². The van der Waals surface area contributed by atoms with Crippen LogP contribution in [0.2, 0.25) is 0 Å². The van der Waals surface area contributed by atoms with Gasteiger partial charge >= 0.3 is 0 Å². The van der Waals surface area contributed by atoms with Gasteiger partial charge in [0.25, 0.3) is 0 Å². The molecule has 0 heterocycles. The Kier molecular flexibility index (Phi) is 6.23. The molecule has 0 radical (unpaired) electrons. The molecule has 2 heteroatoms. The van der Waals surface area contributed by atoms with Gasteiger partial charge in [-0.2, -0.15) is 0 Å². The third-order valence-electron chi connectivity index (χ3n) is 3.93. The van der Waals surface area contributed by atoms with Gasteiger partial charge in [-0.15, -0.1) is 0 Å². The van der Waals surface area contributed by atoms with E-state index in [0.29, 0.717) is 4.83 Å². The molecule has 1 unspecified atom stereocenters. The molecule has 100 valence electrons. The fourth-order valence-corrected chi connectivity index (χ4v) is 4.09. The van der Waals surface area contributed by atoms with Crippen molar-refractivity contribution in [3.05, 3.63) is 34.3 Å². The van der Waals surface area contributed by atoms with Crippen LogP contribution in [-0.2, 0) is 6.42 Å². The van der Waals surface area contributed by atoms with Crippen molar-refractivity contribution < 1.29 is 0 Å². The van der Waals surface area contributed by atoms with Gasteiger partial charge in [-0.1, -0.05) is 82.5 Å². The molecule has 0 N–H and O–H groups in total. The maximum atomic E-state index is 3.88. The number of alkyl halides is 1. The molecule has 0 nitrogen and oxygen atoms in total. The smallest absolute Gasteiger partial charge is 0.0188 e. The molecule has 0 amide bonds. The predicted octanol–water partition coefficient (Wildman–Crippen LogP) is 6.12. The summed E-state index contributed by atoms with van der Waals surface area (Å²) in [6.07, 6.45) is 11.2. The normalized spacial score (nSPS) is 19.4. The quantitative estimate of drug-likeness (QED) is 0.440. The van der Waals surface area contributed by atoms with Gasteiger partial charge in [0.2, 0.25) is 0 Å². The lowest BCUT2D eigenvalue weighted by Crippen LogP contribution is -2.10. The minimum atomic E-state index is 0.641. The fraction of sp³-hybridized carbons (Fsp3) is 0.625. The van der Waals surface area contributed by atoms with Crippen LogP contribution < -0.4 is 0 Å². The van der Waals surface area contributed by atoms with Crippen LogP contribution in [0.5, 0.6) is 0 Å². The largest absolute Gasteiger partial charge is 0.0887 e. The van der Waals surface area contributed by atoms with Crippen molar-refractivity contribution in [1.82, 2.24) is 0 Å². The van der Waals surface area contributed by atoms with E-state index in [1.165, 1.54) is 55.0 Å². The molecule has 0 bridgehead atoms. The van der Waals surface area contributed by atoms with E-state index in [4.69, 9.17) is 0 Å². The third-order valence-corrected chi connectivity index (χ3v) is 5.16. The first-order valence-electron chi connectivity index (χ1n) is 7.12. The maximum absolute atomic E-state index is 3.88. The van der Waals surface area contributed by atoms with Crippen LogP contribution in [0.3, 0.4) is 0 Å². The summed E-state index contributed by atoms with van der Waals surface area (Å²) in [7, 11) is 0. The average molecular weight is 374 g/mol. The predicted molar refractivity (Wildman–Crippen MR) is 86.4 cm³/mol. The Labute approximate surface area is 128 Å². The summed E-state index contributed by atoms with van der Waals surface area (Å²) in [5, 5.41) is 0. The summed E-state index contributed by atoms with van der Waals surface area (Å²) >= 11 is 7.37. The van der Waals surface area contributed by atoms with E-state index < -0.39 is 0 Å². The molecule has 1 aromatic rings. The molecule has 1 fully saturated rings. The molecule has 0 aliphatic heterocycles. The van der Waals surface area contributed by atoms with Crippen LogP contribution >= 0.6 is 31.9 Å². The number of hydrogen-bond donors (Lipinski definition) is 0. The van der Waals surface area contributed by atoms with Gasteiger partial charge in [-0.05, 0) is 36.5 Å². The van der Waals surface area contributed by atoms with Crippen molar-refractivity contribution in [1.29, 1.82) is 0 Å². The van der Waals surface area contributed by atoms with Crippen molar-refractivity contribution in [3.8, 4) is 0 Å². The van der Waals surface area contributed by atoms with Gasteiger partial charge in [-0.3, -0.25) is 0 Å². The molecule has 1 atom stereocenters. The highest BCUT2D eigenvalue weighted by Crippen LogP contribution is 2.29. The highest BCUT2D eigenvalue weighted by Gasteiger charge is 2.16. The zero-order chi connectivity index (χ0) is 12.8. The van der Waals surface area contributed by atoms with E-state index in [1.807, 2.05) is 0 Å². The van der Waals surface area contributed by atoms with Gasteiger partial charge < -0.3 is 0 Å². The lowest BCUT2D eigenvalue weighted by atomic mass is 9.93. The number of benzene rings is 1. The Bertz CT molecular complexity index is 337. The van der Waals surface area contributed by atoms with Crippen molar-refractivity contribution in [2.24, 2.45) is 5.92 Å². The van der Waals surface area contributed by atoms with Crippen molar-refractivity contribution in [3.63, 3.8) is 0 Å². The van der Waals surface area contributed by atoms with Crippen molar-refractivity contribution in [2.45, 2.75) is 56.2 Å². The third kappa shape index (κ3) is 5.05. The minimum absolute atomic E-state index is 0.641. The van der Waals surface area contributed by atoms with E-state index >= 15 is 0 Å². The summed E-state index contributed by atoms with van der Waals surface area (Å²) in [6, 6.07) is 8.73. The summed E-state index contributed by atoms with van der Waals surface area (Å²) in [5.74, 6) is 0.951. The molecule has 0 aromatic heterocycles. The van der Waals surface area contributed by atoms with E-state index in [-0.39, 0.29) is 0 Å². The van der Waals surface area contributed by atoms with Crippen LogP contribution in [0, 0.1) is 5.92 Å². The zero-order valence-electron chi connectivity index (χ0n) is 10.9. The van der Waals surface area contributed by atoms with Crippen LogP contribution in [0.1, 0.15) is 50.5 Å². The molecule has 0 spiro atoms. The second-order valence-corrected chi connectivity index (χ2v) is 7.73. The first kappa shape index (κ1) is 14.6. The molecule has 2 rings (SSSR count). The monoisotopic (exact) mass is 372 g/mol. The van der Waals surface area contributed by atoms with E-state index in [2.05, 4.69) is 56.1 Å². The van der Waals surface area contributed by atoms with E-state index in [9.17, 15) is 0 Å². The molecular weight excluding hydrogens is 352 g/mol. The minimum Gasteiger partial charge on any atom is -0.0887 e. The molecule has 0 saturated heterocycles. The molecule has 1 aromatic carbocycles. The Morgan fingerprint density at radius 1 is 1.00 bits per heavy atom. The average Bonchev–Trinajstić information content (AvgIpc) is 2.61. The van der Waals surface area contributed by atoms with Crippen LogP contribution in [0.15, 0.2) is 28.7 Å². The Hall–Kier alpha value is 0.180. The lowest BCUT2D eigenvalue weighted by molar-refractivity contribution is 0.423. The number of rotatable bonds is 4. The first-order valence-corrected chi connectivity index (χ1v) is 8.83. The number of hydrogen-bond acceptors (Lipinski definition) is 0. The highest BCUT2D eigenvalue weighted by atomic mass is 79.9. The Morgan fingerprint density at radius 3 is 2.22 bits per heavy atom. The Morgan fingerprint density at radius 2 is 1.61 bits per heavy atom. The van der Waals surface area contributed by atoms with Crippen LogP contribution in [-0.4, -0.2) is 4.83 Å². The number of halogens is 2. The molecule has 1 aliphatic rings. The summed E-state index contributed by atoms with van der Waals surface area (Å²) in [6.45, 7) is 0. The van der Waals surface area contributed by atoms with Gasteiger partial charge in [0.1, 0.15) is 0 Å². The summed E-state index contributed by atoms with van der Waals surface area (Å²) in [5.41, 5.74) is 1.44. The van der Waals surface area contributed by atoms with Gasteiger partial charge in [0.15, 0.2) is 0 Å². The fourth-order valence-electron chi connectivity index (χ4n) is 2.92. The molecular formula is C16H22Br2. The summed E-state index contributed by atoms with van der Waals surface area (Å²) in [4.78, 5) is 0.641. The maximum Gasteiger partial charge on any atom is 0.0188 e. The summed E-state index contributed by atoms with van der Waals surface area (Å²) < 4.78 is 1.17. The molecule has 1 saturated carbocycles. The van der Waals surface area contributed by atoms with Crippen molar-refractivity contribution in [2.75, 3.05) is 0 Å².